The summed E-state index contributed by atoms with van der Waals surface area (Å²) in [6, 6.07) is 0. The summed E-state index contributed by atoms with van der Waals surface area (Å²) in [5.41, 5.74) is 5.53. The molecule has 2 rings (SSSR count). The zero-order valence-electron chi connectivity index (χ0n) is 29.2. The van der Waals surface area contributed by atoms with E-state index in [0.717, 1.165) is 68.1 Å². The summed E-state index contributed by atoms with van der Waals surface area (Å²) in [7, 11) is 0. The molecular weight excluding hydrogens is 545 g/mol. The molecule has 0 amide bonds. The van der Waals surface area contributed by atoms with Gasteiger partial charge in [0, 0.05) is 0 Å². The third-order valence-electron chi connectivity index (χ3n) is 7.72. The molecule has 0 saturated carbocycles. The minimum atomic E-state index is -0.0931. The number of Topliss-reactive ketones (excluding diaryl/α,β-unsaturated/α-hetero) is 1. The maximum absolute atomic E-state index is 13.4. The van der Waals surface area contributed by atoms with Crippen molar-refractivity contribution >= 4 is 17.5 Å². The highest BCUT2D eigenvalue weighted by Gasteiger charge is 2.32. The van der Waals surface area contributed by atoms with Crippen molar-refractivity contribution in [3.63, 3.8) is 0 Å². The fraction of sp³-hybridized carbons (Fsp3) is 0.575. The molecule has 238 valence electrons. The summed E-state index contributed by atoms with van der Waals surface area (Å²) in [6.07, 6.45) is 20.7. The first-order valence-corrected chi connectivity index (χ1v) is 17.2. The summed E-state index contributed by atoms with van der Waals surface area (Å²) >= 11 is 1.89. The number of allylic oxidation sites excluding steroid dienone is 14. The molecular formula is C40H60O2S. The van der Waals surface area contributed by atoms with Crippen LogP contribution >= 0.6 is 11.8 Å². The maximum atomic E-state index is 13.4. The van der Waals surface area contributed by atoms with E-state index in [9.17, 15) is 9.90 Å². The number of aliphatic hydroxyl groups excluding tert-OH is 1. The second kappa shape index (κ2) is 16.2. The highest BCUT2D eigenvalue weighted by molar-refractivity contribution is 8.06. The van der Waals surface area contributed by atoms with Crippen molar-refractivity contribution in [2.24, 2.45) is 22.7 Å². The lowest BCUT2D eigenvalue weighted by molar-refractivity contribution is -0.113. The monoisotopic (exact) mass is 604 g/mol. The highest BCUT2D eigenvalue weighted by atomic mass is 32.2. The van der Waals surface area contributed by atoms with Crippen molar-refractivity contribution in [3.8, 4) is 0 Å². The molecule has 2 aliphatic rings. The zero-order chi connectivity index (χ0) is 32.5. The number of carbonyl (C=O) groups is 1. The topological polar surface area (TPSA) is 37.3 Å². The van der Waals surface area contributed by atoms with E-state index < -0.39 is 0 Å². The molecule has 0 aromatic heterocycles. The van der Waals surface area contributed by atoms with Gasteiger partial charge in [-0.2, -0.15) is 0 Å². The van der Waals surface area contributed by atoms with Crippen molar-refractivity contribution in [1.29, 1.82) is 0 Å². The van der Waals surface area contributed by atoms with E-state index in [4.69, 9.17) is 0 Å². The fourth-order valence-electron chi connectivity index (χ4n) is 4.78. The van der Waals surface area contributed by atoms with E-state index in [2.05, 4.69) is 107 Å². The van der Waals surface area contributed by atoms with Gasteiger partial charge in [-0.15, -0.1) is 0 Å². The molecule has 0 saturated heterocycles. The molecule has 1 heterocycles. The summed E-state index contributed by atoms with van der Waals surface area (Å²) < 4.78 is 0. The molecule has 3 heteroatoms. The number of aliphatic hydroxyl groups is 1. The normalized spacial score (nSPS) is 19.0. The first kappa shape index (κ1) is 36.9. The summed E-state index contributed by atoms with van der Waals surface area (Å²) in [5, 5.41) is 11.1. The van der Waals surface area contributed by atoms with Crippen LogP contribution in [0.2, 0.25) is 0 Å². The summed E-state index contributed by atoms with van der Waals surface area (Å²) in [5.74, 6) is 1.27. The van der Waals surface area contributed by atoms with Crippen LogP contribution in [-0.2, 0) is 4.79 Å². The van der Waals surface area contributed by atoms with Crippen LogP contribution in [0.3, 0.4) is 0 Å². The van der Waals surface area contributed by atoms with Crippen LogP contribution in [0, 0.1) is 22.7 Å². The standard InChI is InChI=1S/C40H60O2S/c1-27(2)13-15-29(5)21-31(22-30(6)17-19-39(7,8)9)25-35-37(41)36(38(35)42)26-32-23-33(16-14-28(3)4)43-34(24-32)18-20-40(10,11)12/h21-28,41H,6,13-20H2,1-5,7-12H3/b29-21+,31-22+,32-26-,35-25?. The molecule has 0 spiro atoms. The second-order valence-corrected chi connectivity index (χ2v) is 17.1. The first-order chi connectivity index (χ1) is 19.8. The second-order valence-electron chi connectivity index (χ2n) is 15.9. The largest absolute Gasteiger partial charge is 0.506 e. The number of rotatable bonds is 14. The van der Waals surface area contributed by atoms with Gasteiger partial charge in [0.05, 0.1) is 11.1 Å². The van der Waals surface area contributed by atoms with Crippen LogP contribution in [0.4, 0.5) is 0 Å². The van der Waals surface area contributed by atoms with Crippen molar-refractivity contribution in [1.82, 2.24) is 0 Å². The molecule has 1 aliphatic carbocycles. The Hall–Kier alpha value is -2.26. The molecule has 0 aromatic rings. The van der Waals surface area contributed by atoms with Crippen LogP contribution in [-0.4, -0.2) is 10.9 Å². The van der Waals surface area contributed by atoms with Crippen LogP contribution in [0.5, 0.6) is 0 Å². The van der Waals surface area contributed by atoms with Gasteiger partial charge in [-0.1, -0.05) is 111 Å². The number of carbonyl (C=O) groups excluding carboxylic acids is 1. The molecule has 0 radical (unpaired) electrons. The Bertz CT molecular complexity index is 1240. The quantitative estimate of drug-likeness (QED) is 0.158. The number of thioether (sulfide) groups is 1. The Balaban J connectivity index is 2.42. The van der Waals surface area contributed by atoms with Gasteiger partial charge >= 0.3 is 0 Å². The van der Waals surface area contributed by atoms with Gasteiger partial charge in [0.1, 0.15) is 5.76 Å². The van der Waals surface area contributed by atoms with E-state index in [0.29, 0.717) is 23.0 Å². The van der Waals surface area contributed by atoms with Crippen molar-refractivity contribution in [2.45, 2.75) is 128 Å². The van der Waals surface area contributed by atoms with Crippen molar-refractivity contribution < 1.29 is 9.90 Å². The average Bonchev–Trinajstić information content (AvgIpc) is 2.89. The lowest BCUT2D eigenvalue weighted by Crippen LogP contribution is -2.21. The predicted octanol–water partition coefficient (Wildman–Crippen LogP) is 12.7. The van der Waals surface area contributed by atoms with Crippen molar-refractivity contribution in [3.05, 3.63) is 92.0 Å². The maximum Gasteiger partial charge on any atom is 0.200 e. The minimum absolute atomic E-state index is 0.0931. The van der Waals surface area contributed by atoms with Gasteiger partial charge in [-0.05, 0) is 126 Å². The third kappa shape index (κ3) is 13.9. The molecule has 43 heavy (non-hydrogen) atoms. The summed E-state index contributed by atoms with van der Waals surface area (Å²) in [4.78, 5) is 16.1. The first-order valence-electron chi connectivity index (χ1n) is 16.4. The molecule has 2 nitrogen and oxygen atoms in total. The average molecular weight is 605 g/mol. The van der Waals surface area contributed by atoms with E-state index in [-0.39, 0.29) is 22.4 Å². The Morgan fingerprint density at radius 1 is 0.884 bits per heavy atom. The molecule has 1 aliphatic heterocycles. The van der Waals surface area contributed by atoms with Gasteiger partial charge in [0.25, 0.3) is 0 Å². The third-order valence-corrected chi connectivity index (χ3v) is 8.89. The molecule has 0 bridgehead atoms. The van der Waals surface area contributed by atoms with E-state index in [1.807, 2.05) is 23.9 Å². The van der Waals surface area contributed by atoms with Crippen LogP contribution in [0.1, 0.15) is 128 Å². The van der Waals surface area contributed by atoms with E-state index >= 15 is 0 Å². The zero-order valence-corrected chi connectivity index (χ0v) is 30.1. The molecule has 1 N–H and O–H groups in total. The highest BCUT2D eigenvalue weighted by Crippen LogP contribution is 2.41. The molecule has 0 fully saturated rings. The SMILES string of the molecule is C=C(/C=C(C=C1C(=O)C(/C=C2/C=C(CCC(C)C)SC(CCC(C)(C)C)=C2)=C1O)\C=C(/C)CCC(C)C)CCC(C)(C)C. The molecule has 0 atom stereocenters. The van der Waals surface area contributed by atoms with Gasteiger partial charge in [-0.3, -0.25) is 4.79 Å². The lowest BCUT2D eigenvalue weighted by Gasteiger charge is -2.23. The van der Waals surface area contributed by atoms with E-state index in [1.54, 1.807) is 0 Å². The van der Waals surface area contributed by atoms with Gasteiger partial charge in [-0.25, -0.2) is 0 Å². The van der Waals surface area contributed by atoms with Crippen LogP contribution in [0.15, 0.2) is 92.0 Å². The fourth-order valence-corrected chi connectivity index (χ4v) is 5.94. The molecule has 0 unspecified atom stereocenters. The smallest absolute Gasteiger partial charge is 0.200 e. The number of hydrogen-bond acceptors (Lipinski definition) is 3. The van der Waals surface area contributed by atoms with Crippen LogP contribution < -0.4 is 0 Å². The van der Waals surface area contributed by atoms with Gasteiger partial charge in [0.2, 0.25) is 5.78 Å². The Morgan fingerprint density at radius 3 is 2.00 bits per heavy atom. The van der Waals surface area contributed by atoms with Gasteiger partial charge in [0.15, 0.2) is 0 Å². The predicted molar refractivity (Wildman–Crippen MR) is 191 cm³/mol. The van der Waals surface area contributed by atoms with E-state index in [1.165, 1.54) is 15.4 Å². The number of ketones is 1. The molecule has 0 aromatic carbocycles. The van der Waals surface area contributed by atoms with Crippen LogP contribution in [0.25, 0.3) is 0 Å². The Morgan fingerprint density at radius 2 is 1.47 bits per heavy atom. The minimum Gasteiger partial charge on any atom is -0.506 e. The Labute approximate surface area is 269 Å². The van der Waals surface area contributed by atoms with Crippen molar-refractivity contribution in [2.75, 3.05) is 0 Å². The van der Waals surface area contributed by atoms with Gasteiger partial charge < -0.3 is 5.11 Å². The lowest BCUT2D eigenvalue weighted by atomic mass is 9.84. The Kier molecular flexibility index (Phi) is 13.9. The summed E-state index contributed by atoms with van der Waals surface area (Å²) in [6.45, 7) is 29.0. The number of hydrogen-bond donors (Lipinski definition) is 1.